The van der Waals surface area contributed by atoms with Gasteiger partial charge in [0.25, 0.3) is 5.91 Å². The second-order valence-corrected chi connectivity index (χ2v) is 7.38. The van der Waals surface area contributed by atoms with E-state index in [1.807, 2.05) is 18.2 Å². The first-order valence-corrected chi connectivity index (χ1v) is 8.95. The molecule has 2 aromatic carbocycles. The molecule has 1 amide bonds. The summed E-state index contributed by atoms with van der Waals surface area (Å²) in [6.07, 6.45) is 0. The van der Waals surface area contributed by atoms with Crippen LogP contribution in [0.5, 0.6) is 5.75 Å². The number of ether oxygens (including phenoxy) is 2. The second-order valence-electron chi connectivity index (χ2n) is 7.38. The van der Waals surface area contributed by atoms with Crippen molar-refractivity contribution in [2.45, 2.75) is 33.1 Å². The number of carbonyl (C=O) groups is 3. The average Bonchev–Trinajstić information content (AvgIpc) is 2.64. The van der Waals surface area contributed by atoms with Crippen LogP contribution in [0.1, 0.15) is 43.6 Å². The minimum atomic E-state index is -0.634. The Hall–Kier alpha value is -3.15. The van der Waals surface area contributed by atoms with Gasteiger partial charge in [0.2, 0.25) is 0 Å². The first-order valence-electron chi connectivity index (χ1n) is 8.95. The van der Waals surface area contributed by atoms with Crippen molar-refractivity contribution >= 4 is 23.3 Å². The van der Waals surface area contributed by atoms with Crippen LogP contribution in [-0.2, 0) is 19.7 Å². The van der Waals surface area contributed by atoms with E-state index in [9.17, 15) is 14.4 Å². The van der Waals surface area contributed by atoms with Crippen LogP contribution in [0.4, 0.5) is 5.69 Å². The molecule has 1 N–H and O–H groups in total. The Bertz CT molecular complexity index is 850. The van der Waals surface area contributed by atoms with Crippen LogP contribution in [0.25, 0.3) is 0 Å². The molecule has 0 atom stereocenters. The van der Waals surface area contributed by atoms with Crippen LogP contribution in [0.2, 0.25) is 0 Å². The summed E-state index contributed by atoms with van der Waals surface area (Å²) in [5.74, 6) is -0.549. The third kappa shape index (κ3) is 6.23. The summed E-state index contributed by atoms with van der Waals surface area (Å²) in [5.41, 5.74) is 1.92. The van der Waals surface area contributed by atoms with Gasteiger partial charge in [-0.1, -0.05) is 39.0 Å². The van der Waals surface area contributed by atoms with E-state index in [1.54, 1.807) is 30.3 Å². The summed E-state index contributed by atoms with van der Waals surface area (Å²) in [5, 5.41) is 2.60. The van der Waals surface area contributed by atoms with Crippen LogP contribution >= 0.6 is 0 Å². The van der Waals surface area contributed by atoms with Crippen LogP contribution in [0, 0.1) is 0 Å². The molecule has 0 bridgehead atoms. The van der Waals surface area contributed by atoms with E-state index >= 15 is 0 Å². The highest BCUT2D eigenvalue weighted by molar-refractivity contribution is 5.96. The Kier molecular flexibility index (Phi) is 6.93. The lowest BCUT2D eigenvalue weighted by molar-refractivity contribution is -0.149. The molecule has 0 heterocycles. The number of hydrogen-bond donors (Lipinski definition) is 1. The van der Waals surface area contributed by atoms with Gasteiger partial charge in [0.15, 0.2) is 19.0 Å². The number of Topliss-reactive ketones (excluding diaryl/α,β-unsaturated/α-hetero) is 1. The Morgan fingerprint density at radius 1 is 0.929 bits per heavy atom. The fraction of sp³-hybridized carbons (Fsp3) is 0.318. The molecule has 28 heavy (non-hydrogen) atoms. The van der Waals surface area contributed by atoms with Crippen molar-refractivity contribution in [2.24, 2.45) is 0 Å². The number of nitrogens with one attached hydrogen (secondary N) is 1. The monoisotopic (exact) mass is 383 g/mol. The number of anilines is 1. The summed E-state index contributed by atoms with van der Waals surface area (Å²) in [4.78, 5) is 35.0. The lowest BCUT2D eigenvalue weighted by Crippen LogP contribution is -2.24. The van der Waals surface area contributed by atoms with E-state index in [0.29, 0.717) is 17.0 Å². The van der Waals surface area contributed by atoms with Crippen molar-refractivity contribution in [2.75, 3.05) is 18.5 Å². The molecule has 0 radical (unpaired) electrons. The lowest BCUT2D eigenvalue weighted by atomic mass is 9.86. The van der Waals surface area contributed by atoms with Crippen molar-refractivity contribution in [3.05, 3.63) is 59.7 Å². The maximum atomic E-state index is 11.9. The smallest absolute Gasteiger partial charge is 0.344 e. The molecule has 0 saturated heterocycles. The zero-order valence-corrected chi connectivity index (χ0v) is 16.6. The molecule has 6 nitrogen and oxygen atoms in total. The molecule has 2 aromatic rings. The molecule has 148 valence electrons. The molecule has 0 fully saturated rings. The number of rotatable bonds is 7. The molecule has 0 aliphatic heterocycles. The van der Waals surface area contributed by atoms with Gasteiger partial charge in [-0.2, -0.15) is 0 Å². The van der Waals surface area contributed by atoms with Gasteiger partial charge < -0.3 is 14.8 Å². The lowest BCUT2D eigenvalue weighted by Gasteiger charge is -2.22. The second kappa shape index (κ2) is 9.17. The van der Waals surface area contributed by atoms with Gasteiger partial charge in [-0.3, -0.25) is 9.59 Å². The highest BCUT2D eigenvalue weighted by atomic mass is 16.6. The highest BCUT2D eigenvalue weighted by Crippen LogP contribution is 2.30. The van der Waals surface area contributed by atoms with Crippen molar-refractivity contribution in [1.82, 2.24) is 0 Å². The molecule has 0 spiro atoms. The standard InChI is InChI=1S/C22H25NO5/c1-15(24)16-9-11-17(12-10-16)23-20(25)13-28-21(26)14-27-19-8-6-5-7-18(19)22(2,3)4/h5-12H,13-14H2,1-4H3,(H,23,25). The summed E-state index contributed by atoms with van der Waals surface area (Å²) < 4.78 is 10.5. The normalized spacial score (nSPS) is 10.9. The number of para-hydroxylation sites is 1. The molecule has 6 heteroatoms. The fourth-order valence-corrected chi connectivity index (χ4v) is 2.52. The summed E-state index contributed by atoms with van der Waals surface area (Å²) in [6.45, 7) is 6.93. The predicted octanol–water partition coefficient (Wildman–Crippen LogP) is 3.75. The Labute approximate surface area is 164 Å². The Morgan fingerprint density at radius 2 is 1.57 bits per heavy atom. The highest BCUT2D eigenvalue weighted by Gasteiger charge is 2.19. The summed E-state index contributed by atoms with van der Waals surface area (Å²) in [6, 6.07) is 14.0. The van der Waals surface area contributed by atoms with Gasteiger partial charge in [-0.15, -0.1) is 0 Å². The number of ketones is 1. The zero-order valence-electron chi connectivity index (χ0n) is 16.6. The molecule has 0 aromatic heterocycles. The molecule has 0 unspecified atom stereocenters. The number of amides is 1. The third-order valence-electron chi connectivity index (χ3n) is 3.98. The fourth-order valence-electron chi connectivity index (χ4n) is 2.52. The molecular weight excluding hydrogens is 358 g/mol. The van der Waals surface area contributed by atoms with Crippen LogP contribution in [-0.4, -0.2) is 30.9 Å². The van der Waals surface area contributed by atoms with Crippen molar-refractivity contribution in [3.8, 4) is 5.75 Å². The molecule has 2 rings (SSSR count). The van der Waals surface area contributed by atoms with Crippen molar-refractivity contribution in [1.29, 1.82) is 0 Å². The van der Waals surface area contributed by atoms with Gasteiger partial charge >= 0.3 is 5.97 Å². The first kappa shape index (κ1) is 21.2. The van der Waals surface area contributed by atoms with Crippen molar-refractivity contribution < 1.29 is 23.9 Å². The van der Waals surface area contributed by atoms with Gasteiger partial charge in [0, 0.05) is 11.3 Å². The van der Waals surface area contributed by atoms with Gasteiger partial charge in [-0.05, 0) is 48.2 Å². The predicted molar refractivity (Wildman–Crippen MR) is 107 cm³/mol. The maximum Gasteiger partial charge on any atom is 0.344 e. The van der Waals surface area contributed by atoms with E-state index in [0.717, 1.165) is 5.56 Å². The summed E-state index contributed by atoms with van der Waals surface area (Å²) in [7, 11) is 0. The SMILES string of the molecule is CC(=O)c1ccc(NC(=O)COC(=O)COc2ccccc2C(C)(C)C)cc1. The summed E-state index contributed by atoms with van der Waals surface area (Å²) >= 11 is 0. The van der Waals surface area contributed by atoms with Crippen LogP contribution in [0.3, 0.4) is 0 Å². The number of benzene rings is 2. The quantitative estimate of drug-likeness (QED) is 0.582. The van der Waals surface area contributed by atoms with E-state index in [4.69, 9.17) is 9.47 Å². The minimum Gasteiger partial charge on any atom is -0.482 e. The van der Waals surface area contributed by atoms with Crippen LogP contribution in [0.15, 0.2) is 48.5 Å². The van der Waals surface area contributed by atoms with E-state index in [-0.39, 0.29) is 17.8 Å². The van der Waals surface area contributed by atoms with Crippen LogP contribution < -0.4 is 10.1 Å². The Morgan fingerprint density at radius 3 is 2.18 bits per heavy atom. The van der Waals surface area contributed by atoms with Gasteiger partial charge in [0.1, 0.15) is 5.75 Å². The van der Waals surface area contributed by atoms with E-state index in [2.05, 4.69) is 26.1 Å². The van der Waals surface area contributed by atoms with E-state index < -0.39 is 18.5 Å². The van der Waals surface area contributed by atoms with Crippen molar-refractivity contribution in [3.63, 3.8) is 0 Å². The number of hydrogen-bond acceptors (Lipinski definition) is 5. The Balaban J connectivity index is 1.81. The topological polar surface area (TPSA) is 81.7 Å². The van der Waals surface area contributed by atoms with Gasteiger partial charge in [-0.25, -0.2) is 4.79 Å². The molecular formula is C22H25NO5. The maximum absolute atomic E-state index is 11.9. The number of carbonyl (C=O) groups excluding carboxylic acids is 3. The molecule has 0 saturated carbocycles. The molecule has 0 aliphatic carbocycles. The van der Waals surface area contributed by atoms with Gasteiger partial charge in [0.05, 0.1) is 0 Å². The van der Waals surface area contributed by atoms with E-state index in [1.165, 1.54) is 6.92 Å². The largest absolute Gasteiger partial charge is 0.482 e. The minimum absolute atomic E-state index is 0.0557. The first-order chi connectivity index (χ1) is 13.2. The average molecular weight is 383 g/mol. The number of esters is 1. The zero-order chi connectivity index (χ0) is 20.7. The molecule has 0 aliphatic rings. The third-order valence-corrected chi connectivity index (χ3v) is 3.98.